The number of fused-ring (bicyclic) bond motifs is 5. The molecular weight excluding hydrogens is 224 g/mol. The van der Waals surface area contributed by atoms with Crippen LogP contribution in [-0.2, 0) is 0 Å². The molecule has 4 aliphatic rings. The number of aliphatic imine (C=N–C) groups is 1. The van der Waals surface area contributed by atoms with Crippen molar-refractivity contribution < 1.29 is 0 Å². The number of nitrogens with one attached hydrogen (secondary N) is 2. The van der Waals surface area contributed by atoms with E-state index in [1.807, 2.05) is 0 Å². The lowest BCUT2D eigenvalue weighted by molar-refractivity contribution is 0.456. The summed E-state index contributed by atoms with van der Waals surface area (Å²) in [5, 5.41) is 3.49. The SMILES string of the molecule is NNC(=NC1C2C3CCC(C3)C12)NC1CCCC1. The zero-order valence-electron chi connectivity index (χ0n) is 10.9. The Kier molecular flexibility index (Phi) is 2.54. The molecule has 2 bridgehead atoms. The van der Waals surface area contributed by atoms with E-state index in [1.54, 1.807) is 0 Å². The van der Waals surface area contributed by atoms with Crippen molar-refractivity contribution in [2.45, 2.75) is 57.0 Å². The summed E-state index contributed by atoms with van der Waals surface area (Å²) in [6, 6.07) is 1.17. The van der Waals surface area contributed by atoms with Crippen molar-refractivity contribution in [2.24, 2.45) is 34.5 Å². The summed E-state index contributed by atoms with van der Waals surface area (Å²) in [6.07, 6.45) is 9.62. The van der Waals surface area contributed by atoms with Gasteiger partial charge in [-0.2, -0.15) is 0 Å². The highest BCUT2D eigenvalue weighted by Crippen LogP contribution is 2.66. The van der Waals surface area contributed by atoms with Crippen LogP contribution in [0.25, 0.3) is 0 Å². The van der Waals surface area contributed by atoms with Crippen LogP contribution in [-0.4, -0.2) is 18.0 Å². The van der Waals surface area contributed by atoms with E-state index in [2.05, 4.69) is 10.7 Å². The minimum absolute atomic E-state index is 0.580. The zero-order valence-corrected chi connectivity index (χ0v) is 10.9. The summed E-state index contributed by atoms with van der Waals surface area (Å²) >= 11 is 0. The van der Waals surface area contributed by atoms with E-state index in [1.165, 1.54) is 44.9 Å². The average Bonchev–Trinajstić information content (AvgIpc) is 2.87. The topological polar surface area (TPSA) is 62.4 Å². The van der Waals surface area contributed by atoms with Gasteiger partial charge in [-0.05, 0) is 55.8 Å². The van der Waals surface area contributed by atoms with E-state index in [9.17, 15) is 0 Å². The van der Waals surface area contributed by atoms with Gasteiger partial charge < -0.3 is 5.32 Å². The molecule has 0 aromatic carbocycles. The van der Waals surface area contributed by atoms with E-state index in [0.717, 1.165) is 29.6 Å². The molecule has 4 saturated carbocycles. The van der Waals surface area contributed by atoms with E-state index >= 15 is 0 Å². The molecule has 0 spiro atoms. The van der Waals surface area contributed by atoms with Crippen LogP contribution in [0.1, 0.15) is 44.9 Å². The molecular formula is C14H24N4. The first-order chi connectivity index (χ1) is 8.86. The van der Waals surface area contributed by atoms with Crippen molar-refractivity contribution in [3.63, 3.8) is 0 Å². The van der Waals surface area contributed by atoms with Crippen molar-refractivity contribution in [1.82, 2.24) is 10.7 Å². The Morgan fingerprint density at radius 2 is 1.67 bits per heavy atom. The Labute approximate surface area is 109 Å². The highest BCUT2D eigenvalue weighted by molar-refractivity contribution is 5.80. The quantitative estimate of drug-likeness (QED) is 0.299. The molecule has 4 atom stereocenters. The first kappa shape index (κ1) is 11.1. The van der Waals surface area contributed by atoms with Gasteiger partial charge in [-0.25, -0.2) is 10.8 Å². The minimum Gasteiger partial charge on any atom is -0.353 e. The summed E-state index contributed by atoms with van der Waals surface area (Å²) in [4.78, 5) is 4.86. The fourth-order valence-electron chi connectivity index (χ4n) is 4.98. The molecule has 0 amide bonds. The molecule has 4 N–H and O–H groups in total. The number of nitrogens with zero attached hydrogens (tertiary/aromatic N) is 1. The molecule has 0 aromatic rings. The number of hydrazine groups is 1. The lowest BCUT2D eigenvalue weighted by atomic mass is 10.0. The third-order valence-corrected chi connectivity index (χ3v) is 5.81. The maximum atomic E-state index is 5.62. The second-order valence-electron chi connectivity index (χ2n) is 6.73. The maximum absolute atomic E-state index is 5.62. The molecule has 0 radical (unpaired) electrons. The van der Waals surface area contributed by atoms with Gasteiger partial charge in [0.05, 0.1) is 6.04 Å². The van der Waals surface area contributed by atoms with Crippen molar-refractivity contribution in [1.29, 1.82) is 0 Å². The maximum Gasteiger partial charge on any atom is 0.206 e. The molecule has 4 heteroatoms. The predicted molar refractivity (Wildman–Crippen MR) is 71.7 cm³/mol. The summed E-state index contributed by atoms with van der Waals surface area (Å²) in [5.74, 6) is 10.2. The number of hydrogen-bond acceptors (Lipinski definition) is 2. The summed E-state index contributed by atoms with van der Waals surface area (Å²) in [7, 11) is 0. The summed E-state index contributed by atoms with van der Waals surface area (Å²) in [6.45, 7) is 0. The molecule has 4 nitrogen and oxygen atoms in total. The van der Waals surface area contributed by atoms with Gasteiger partial charge in [-0.1, -0.05) is 12.8 Å². The van der Waals surface area contributed by atoms with Gasteiger partial charge in [0.1, 0.15) is 0 Å². The highest BCUT2D eigenvalue weighted by atomic mass is 15.3. The molecule has 4 fully saturated rings. The number of nitrogens with two attached hydrogens (primary N) is 1. The monoisotopic (exact) mass is 248 g/mol. The van der Waals surface area contributed by atoms with Crippen molar-refractivity contribution in [3.05, 3.63) is 0 Å². The number of guanidine groups is 1. The first-order valence-corrected chi connectivity index (χ1v) is 7.68. The molecule has 18 heavy (non-hydrogen) atoms. The molecule has 0 aromatic heterocycles. The minimum atomic E-state index is 0.580. The van der Waals surface area contributed by atoms with E-state index in [4.69, 9.17) is 10.8 Å². The largest absolute Gasteiger partial charge is 0.353 e. The van der Waals surface area contributed by atoms with Gasteiger partial charge >= 0.3 is 0 Å². The highest BCUT2D eigenvalue weighted by Gasteiger charge is 2.65. The van der Waals surface area contributed by atoms with Crippen LogP contribution in [0.5, 0.6) is 0 Å². The lowest BCUT2D eigenvalue weighted by Crippen LogP contribution is -2.46. The van der Waals surface area contributed by atoms with Crippen molar-refractivity contribution in [3.8, 4) is 0 Å². The summed E-state index contributed by atoms with van der Waals surface area (Å²) in [5.41, 5.74) is 2.78. The number of hydrogen-bond donors (Lipinski definition) is 3. The lowest BCUT2D eigenvalue weighted by Gasteiger charge is -2.15. The molecule has 100 valence electrons. The molecule has 4 rings (SSSR count). The van der Waals surface area contributed by atoms with Crippen molar-refractivity contribution in [2.75, 3.05) is 0 Å². The Morgan fingerprint density at radius 1 is 1.00 bits per heavy atom. The van der Waals surface area contributed by atoms with Crippen LogP contribution in [0.3, 0.4) is 0 Å². The average molecular weight is 248 g/mol. The smallest absolute Gasteiger partial charge is 0.206 e. The fourth-order valence-corrected chi connectivity index (χ4v) is 4.98. The Balaban J connectivity index is 1.41. The molecule has 4 unspecified atom stereocenters. The van der Waals surface area contributed by atoms with E-state index in [0.29, 0.717) is 12.1 Å². The third kappa shape index (κ3) is 1.65. The predicted octanol–water partition coefficient (Wildman–Crippen LogP) is 1.38. The molecule has 0 aliphatic heterocycles. The second-order valence-corrected chi connectivity index (χ2v) is 6.73. The third-order valence-electron chi connectivity index (χ3n) is 5.81. The normalized spacial score (nSPS) is 46.3. The van der Waals surface area contributed by atoms with Crippen LogP contribution in [0, 0.1) is 23.7 Å². The standard InChI is InChI=1S/C14H24N4/c15-18-14(16-10-3-1-2-4-10)17-13-11-8-5-6-9(7-8)12(11)13/h8-13H,1-7,15H2,(H2,16,17,18). The second kappa shape index (κ2) is 4.12. The van der Waals surface area contributed by atoms with Gasteiger partial charge in [0.15, 0.2) is 0 Å². The van der Waals surface area contributed by atoms with Crippen LogP contribution in [0.4, 0.5) is 0 Å². The van der Waals surface area contributed by atoms with Crippen LogP contribution < -0.4 is 16.6 Å². The zero-order chi connectivity index (χ0) is 12.1. The van der Waals surface area contributed by atoms with E-state index in [-0.39, 0.29) is 0 Å². The van der Waals surface area contributed by atoms with E-state index < -0.39 is 0 Å². The van der Waals surface area contributed by atoms with Crippen molar-refractivity contribution >= 4 is 5.96 Å². The molecule has 0 saturated heterocycles. The van der Waals surface area contributed by atoms with Gasteiger partial charge in [0.25, 0.3) is 0 Å². The first-order valence-electron chi connectivity index (χ1n) is 7.68. The van der Waals surface area contributed by atoms with Crippen LogP contribution >= 0.6 is 0 Å². The Hall–Kier alpha value is -0.770. The molecule has 0 heterocycles. The van der Waals surface area contributed by atoms with Crippen LogP contribution in [0.15, 0.2) is 4.99 Å². The van der Waals surface area contributed by atoms with Gasteiger partial charge in [0, 0.05) is 6.04 Å². The van der Waals surface area contributed by atoms with Gasteiger partial charge in [-0.15, -0.1) is 0 Å². The van der Waals surface area contributed by atoms with Gasteiger partial charge in [-0.3, -0.25) is 5.43 Å². The van der Waals surface area contributed by atoms with Gasteiger partial charge in [0.2, 0.25) is 5.96 Å². The number of rotatable bonds is 2. The van der Waals surface area contributed by atoms with Crippen LogP contribution in [0.2, 0.25) is 0 Å². The fraction of sp³-hybridized carbons (Fsp3) is 0.929. The Morgan fingerprint density at radius 3 is 2.28 bits per heavy atom. The summed E-state index contributed by atoms with van der Waals surface area (Å²) < 4.78 is 0. The Bertz CT molecular complexity index is 345. The molecule has 4 aliphatic carbocycles.